The largest absolute Gasteiger partial charge is 0.492 e. The lowest BCUT2D eigenvalue weighted by molar-refractivity contribution is 0.0151. The van der Waals surface area contributed by atoms with E-state index < -0.39 is 21.3 Å². The summed E-state index contributed by atoms with van der Waals surface area (Å²) >= 11 is 0. The highest BCUT2D eigenvalue weighted by molar-refractivity contribution is 7.90. The molecule has 0 aliphatic carbocycles. The molecule has 1 aromatic rings. The predicted octanol–water partition coefficient (Wildman–Crippen LogP) is 2.94. The van der Waals surface area contributed by atoms with Crippen LogP contribution in [-0.4, -0.2) is 75.5 Å². The van der Waals surface area contributed by atoms with Crippen molar-refractivity contribution in [2.75, 3.05) is 39.5 Å². The van der Waals surface area contributed by atoms with Gasteiger partial charge in [0, 0.05) is 38.0 Å². The summed E-state index contributed by atoms with van der Waals surface area (Å²) in [5.41, 5.74) is -0.499. The van der Waals surface area contributed by atoms with Crippen molar-refractivity contribution in [2.24, 2.45) is 0 Å². The van der Waals surface area contributed by atoms with E-state index >= 15 is 0 Å². The van der Waals surface area contributed by atoms with Crippen molar-refractivity contribution in [3.8, 4) is 5.75 Å². The summed E-state index contributed by atoms with van der Waals surface area (Å²) in [5, 5.41) is 0. The van der Waals surface area contributed by atoms with Gasteiger partial charge in [-0.3, -0.25) is 4.90 Å². The SMILES string of the molecule is CN(CCOc1ccc(S(C)(=O)=O)c(F)c1)C1CCN(C(=O)OC(C)(C)C)CC1. The van der Waals surface area contributed by atoms with E-state index in [4.69, 9.17) is 9.47 Å². The molecule has 0 atom stereocenters. The number of rotatable bonds is 6. The number of likely N-dealkylation sites (N-methyl/N-ethyl adjacent to an activating group) is 1. The Morgan fingerprint density at radius 3 is 2.41 bits per heavy atom. The van der Waals surface area contributed by atoms with Gasteiger partial charge in [-0.05, 0) is 52.8 Å². The van der Waals surface area contributed by atoms with Crippen LogP contribution in [0.15, 0.2) is 23.1 Å². The number of carbonyl (C=O) groups excluding carboxylic acids is 1. The van der Waals surface area contributed by atoms with Gasteiger partial charge < -0.3 is 14.4 Å². The van der Waals surface area contributed by atoms with Crippen LogP contribution in [0.3, 0.4) is 0 Å². The number of halogens is 1. The van der Waals surface area contributed by atoms with Crippen LogP contribution in [0, 0.1) is 5.82 Å². The van der Waals surface area contributed by atoms with Gasteiger partial charge >= 0.3 is 6.09 Å². The van der Waals surface area contributed by atoms with Gasteiger partial charge in [-0.2, -0.15) is 0 Å². The first kappa shape index (κ1) is 23.4. The summed E-state index contributed by atoms with van der Waals surface area (Å²) in [6, 6.07) is 4.09. The summed E-state index contributed by atoms with van der Waals surface area (Å²) in [7, 11) is -1.60. The van der Waals surface area contributed by atoms with Crippen molar-refractivity contribution in [3.05, 3.63) is 24.0 Å². The molecule has 1 amide bonds. The second-order valence-electron chi connectivity index (χ2n) is 8.39. The summed E-state index contributed by atoms with van der Waals surface area (Å²) in [6.07, 6.45) is 2.37. The molecule has 0 bridgehead atoms. The molecule has 1 aliphatic heterocycles. The minimum atomic E-state index is -3.60. The minimum Gasteiger partial charge on any atom is -0.492 e. The lowest BCUT2D eigenvalue weighted by Crippen LogP contribution is -2.47. The lowest BCUT2D eigenvalue weighted by atomic mass is 10.0. The molecule has 0 unspecified atom stereocenters. The zero-order valence-electron chi connectivity index (χ0n) is 17.8. The third kappa shape index (κ3) is 7.15. The van der Waals surface area contributed by atoms with Gasteiger partial charge in [0.1, 0.15) is 28.7 Å². The standard InChI is InChI=1S/C20H31FN2O5S/c1-20(2,3)28-19(24)23-10-8-15(9-11-23)22(4)12-13-27-16-6-7-18(17(21)14-16)29(5,25)26/h6-7,14-15H,8-13H2,1-5H3. The predicted molar refractivity (Wildman–Crippen MR) is 108 cm³/mol. The zero-order chi connectivity index (χ0) is 21.8. The maximum atomic E-state index is 13.9. The van der Waals surface area contributed by atoms with Crippen LogP contribution in [0.4, 0.5) is 9.18 Å². The molecule has 1 aliphatic rings. The highest BCUT2D eigenvalue weighted by atomic mass is 32.2. The molecule has 9 heteroatoms. The molecule has 7 nitrogen and oxygen atoms in total. The highest BCUT2D eigenvalue weighted by Crippen LogP contribution is 2.21. The van der Waals surface area contributed by atoms with Gasteiger partial charge in [0.15, 0.2) is 9.84 Å². The third-order valence-electron chi connectivity index (χ3n) is 4.76. The molecule has 0 spiro atoms. The van der Waals surface area contributed by atoms with E-state index in [2.05, 4.69) is 4.90 Å². The first-order chi connectivity index (χ1) is 13.4. The Morgan fingerprint density at radius 2 is 1.90 bits per heavy atom. The molecule has 0 N–H and O–H groups in total. The Bertz CT molecular complexity index is 815. The van der Waals surface area contributed by atoms with Crippen LogP contribution in [0.1, 0.15) is 33.6 Å². The Balaban J connectivity index is 1.77. The van der Waals surface area contributed by atoms with Gasteiger partial charge in [0.2, 0.25) is 0 Å². The van der Waals surface area contributed by atoms with Crippen molar-refractivity contribution >= 4 is 15.9 Å². The Morgan fingerprint density at radius 1 is 1.28 bits per heavy atom. The number of benzene rings is 1. The van der Waals surface area contributed by atoms with E-state index in [1.807, 2.05) is 27.8 Å². The van der Waals surface area contributed by atoms with Crippen molar-refractivity contribution < 1.29 is 27.1 Å². The molecule has 164 valence electrons. The minimum absolute atomic E-state index is 0.276. The fourth-order valence-corrected chi connectivity index (χ4v) is 3.91. The number of hydrogen-bond acceptors (Lipinski definition) is 6. The second kappa shape index (κ2) is 9.30. The molecule has 1 saturated heterocycles. The van der Waals surface area contributed by atoms with E-state index in [1.54, 1.807) is 4.90 Å². The Hall–Kier alpha value is -1.87. The first-order valence-electron chi connectivity index (χ1n) is 9.67. The van der Waals surface area contributed by atoms with E-state index in [0.29, 0.717) is 38.0 Å². The average molecular weight is 431 g/mol. The highest BCUT2D eigenvalue weighted by Gasteiger charge is 2.28. The fourth-order valence-electron chi connectivity index (χ4n) is 3.18. The van der Waals surface area contributed by atoms with Crippen LogP contribution in [0.2, 0.25) is 0 Å². The van der Waals surface area contributed by atoms with Crippen LogP contribution in [-0.2, 0) is 14.6 Å². The number of ether oxygens (including phenoxy) is 2. The number of nitrogens with zero attached hydrogens (tertiary/aromatic N) is 2. The molecule has 0 aromatic heterocycles. The molecule has 1 aromatic carbocycles. The summed E-state index contributed by atoms with van der Waals surface area (Å²) in [6.45, 7) is 7.82. The molecule has 1 heterocycles. The second-order valence-corrected chi connectivity index (χ2v) is 10.4. The van der Waals surface area contributed by atoms with Gasteiger partial charge in [0.05, 0.1) is 0 Å². The Kier molecular flexibility index (Phi) is 7.50. The smallest absolute Gasteiger partial charge is 0.410 e. The van der Waals surface area contributed by atoms with E-state index in [0.717, 1.165) is 25.2 Å². The fraction of sp³-hybridized carbons (Fsp3) is 0.650. The van der Waals surface area contributed by atoms with Crippen molar-refractivity contribution in [3.63, 3.8) is 0 Å². The molecular formula is C20H31FN2O5S. The van der Waals surface area contributed by atoms with E-state index in [-0.39, 0.29) is 11.0 Å². The van der Waals surface area contributed by atoms with Crippen LogP contribution in [0.5, 0.6) is 5.75 Å². The van der Waals surface area contributed by atoms with Crippen molar-refractivity contribution in [1.29, 1.82) is 0 Å². The van der Waals surface area contributed by atoms with Crippen molar-refractivity contribution in [2.45, 2.75) is 50.2 Å². The van der Waals surface area contributed by atoms with E-state index in [9.17, 15) is 17.6 Å². The molecule has 1 fully saturated rings. The number of likely N-dealkylation sites (tertiary alicyclic amines) is 1. The number of hydrogen-bond donors (Lipinski definition) is 0. The number of piperidine rings is 1. The molecule has 29 heavy (non-hydrogen) atoms. The maximum Gasteiger partial charge on any atom is 0.410 e. The zero-order valence-corrected chi connectivity index (χ0v) is 18.6. The third-order valence-corrected chi connectivity index (χ3v) is 5.89. The van der Waals surface area contributed by atoms with Gasteiger partial charge in [-0.25, -0.2) is 17.6 Å². The number of carbonyl (C=O) groups is 1. The topological polar surface area (TPSA) is 76.2 Å². The van der Waals surface area contributed by atoms with Crippen LogP contribution in [0.25, 0.3) is 0 Å². The lowest BCUT2D eigenvalue weighted by Gasteiger charge is -2.37. The van der Waals surface area contributed by atoms with Gasteiger partial charge in [-0.15, -0.1) is 0 Å². The Labute approximate surface area is 172 Å². The van der Waals surface area contributed by atoms with Crippen LogP contribution >= 0.6 is 0 Å². The number of amides is 1. The van der Waals surface area contributed by atoms with Gasteiger partial charge in [0.25, 0.3) is 0 Å². The monoisotopic (exact) mass is 430 g/mol. The average Bonchev–Trinajstić information content (AvgIpc) is 2.59. The normalized spacial score (nSPS) is 16.2. The molecule has 0 radical (unpaired) electrons. The van der Waals surface area contributed by atoms with E-state index in [1.165, 1.54) is 12.1 Å². The summed E-state index contributed by atoms with van der Waals surface area (Å²) < 4.78 is 47.8. The quantitative estimate of drug-likeness (QED) is 0.691. The molecular weight excluding hydrogens is 399 g/mol. The van der Waals surface area contributed by atoms with Crippen molar-refractivity contribution in [1.82, 2.24) is 9.80 Å². The summed E-state index contributed by atoms with van der Waals surface area (Å²) in [5.74, 6) is -0.518. The first-order valence-corrected chi connectivity index (χ1v) is 11.6. The van der Waals surface area contributed by atoms with Crippen LogP contribution < -0.4 is 4.74 Å². The summed E-state index contributed by atoms with van der Waals surface area (Å²) in [4.78, 5) is 15.7. The van der Waals surface area contributed by atoms with Gasteiger partial charge in [-0.1, -0.05) is 0 Å². The molecule has 0 saturated carbocycles. The maximum absolute atomic E-state index is 13.9. The number of sulfone groups is 1. The molecule has 2 rings (SSSR count).